The predicted molar refractivity (Wildman–Crippen MR) is 112 cm³/mol. The Labute approximate surface area is 169 Å². The first-order chi connectivity index (χ1) is 14.0. The second-order valence-electron chi connectivity index (χ2n) is 8.44. The van der Waals surface area contributed by atoms with E-state index < -0.39 is 0 Å². The number of nitrogens with zero attached hydrogens (tertiary/aromatic N) is 3. The van der Waals surface area contributed by atoms with Crippen molar-refractivity contribution in [3.63, 3.8) is 0 Å². The van der Waals surface area contributed by atoms with E-state index in [0.29, 0.717) is 28.2 Å². The van der Waals surface area contributed by atoms with Gasteiger partial charge in [0.05, 0.1) is 0 Å². The van der Waals surface area contributed by atoms with Crippen LogP contribution in [0.2, 0.25) is 0 Å². The van der Waals surface area contributed by atoms with Crippen molar-refractivity contribution in [1.29, 1.82) is 0 Å². The SMILES string of the molecule is CC1=CC(C)=NC(N2CC3CN(C(=O)c4ccc(F)c5ccccc45)CC3C2)N1. The summed E-state index contributed by atoms with van der Waals surface area (Å²) in [5.74, 6) is 0.625. The molecule has 0 saturated carbocycles. The van der Waals surface area contributed by atoms with Crippen LogP contribution in [0.25, 0.3) is 10.8 Å². The number of rotatable bonds is 2. The van der Waals surface area contributed by atoms with Crippen molar-refractivity contribution in [2.45, 2.75) is 20.1 Å². The van der Waals surface area contributed by atoms with E-state index in [1.807, 2.05) is 24.0 Å². The Bertz CT molecular complexity index is 1030. The fourth-order valence-corrected chi connectivity index (χ4v) is 5.01. The van der Waals surface area contributed by atoms with Gasteiger partial charge in [0, 0.05) is 48.5 Å². The van der Waals surface area contributed by atoms with Gasteiger partial charge in [0.15, 0.2) is 6.29 Å². The maximum atomic E-state index is 14.1. The van der Waals surface area contributed by atoms with Gasteiger partial charge in [-0.1, -0.05) is 24.3 Å². The normalized spacial score (nSPS) is 26.9. The summed E-state index contributed by atoms with van der Waals surface area (Å²) >= 11 is 0. The molecule has 1 N–H and O–H groups in total. The minimum Gasteiger partial charge on any atom is -0.355 e. The Kier molecular flexibility index (Phi) is 4.39. The number of nitrogens with one attached hydrogen (secondary N) is 1. The third kappa shape index (κ3) is 3.21. The van der Waals surface area contributed by atoms with Crippen molar-refractivity contribution < 1.29 is 9.18 Å². The third-order valence-corrected chi connectivity index (χ3v) is 6.36. The Hall–Kier alpha value is -2.73. The average Bonchev–Trinajstić information content (AvgIpc) is 3.27. The topological polar surface area (TPSA) is 47.9 Å². The van der Waals surface area contributed by atoms with E-state index in [2.05, 4.69) is 23.2 Å². The molecule has 2 aromatic rings. The third-order valence-electron chi connectivity index (χ3n) is 6.36. The van der Waals surface area contributed by atoms with Crippen molar-refractivity contribution >= 4 is 22.4 Å². The number of allylic oxidation sites excluding steroid dienone is 2. The van der Waals surface area contributed by atoms with Crippen molar-refractivity contribution in [1.82, 2.24) is 15.1 Å². The monoisotopic (exact) mass is 392 g/mol. The molecular formula is C23H25FN4O. The molecule has 3 heterocycles. The van der Waals surface area contributed by atoms with Gasteiger partial charge in [-0.25, -0.2) is 4.39 Å². The number of carbonyl (C=O) groups is 1. The van der Waals surface area contributed by atoms with Crippen molar-refractivity contribution in [2.24, 2.45) is 16.8 Å². The fraction of sp³-hybridized carbons (Fsp3) is 0.391. The molecule has 150 valence electrons. The zero-order valence-corrected chi connectivity index (χ0v) is 16.7. The van der Waals surface area contributed by atoms with Gasteiger partial charge in [0.2, 0.25) is 0 Å². The molecular weight excluding hydrogens is 367 g/mol. The lowest BCUT2D eigenvalue weighted by atomic mass is 10.0. The Morgan fingerprint density at radius 2 is 1.72 bits per heavy atom. The molecule has 29 heavy (non-hydrogen) atoms. The molecule has 3 unspecified atom stereocenters. The zero-order chi connectivity index (χ0) is 20.1. The van der Waals surface area contributed by atoms with Crippen LogP contribution in [0, 0.1) is 17.7 Å². The molecule has 0 spiro atoms. The van der Waals surface area contributed by atoms with Crippen LogP contribution in [0.3, 0.4) is 0 Å². The molecule has 2 fully saturated rings. The molecule has 0 radical (unpaired) electrons. The highest BCUT2D eigenvalue weighted by molar-refractivity contribution is 6.07. The fourth-order valence-electron chi connectivity index (χ4n) is 5.01. The quantitative estimate of drug-likeness (QED) is 0.854. The molecule has 3 aliphatic heterocycles. The van der Waals surface area contributed by atoms with E-state index in [9.17, 15) is 9.18 Å². The molecule has 6 heteroatoms. The number of likely N-dealkylation sites (tertiary alicyclic amines) is 2. The maximum absolute atomic E-state index is 14.1. The number of aliphatic imine (C=N–C) groups is 1. The van der Waals surface area contributed by atoms with E-state index in [1.165, 1.54) is 6.07 Å². The lowest BCUT2D eigenvalue weighted by Crippen LogP contribution is -2.46. The van der Waals surface area contributed by atoms with Crippen LogP contribution in [-0.4, -0.2) is 53.9 Å². The van der Waals surface area contributed by atoms with Crippen LogP contribution < -0.4 is 5.32 Å². The number of halogens is 1. The summed E-state index contributed by atoms with van der Waals surface area (Å²) in [5.41, 5.74) is 2.77. The molecule has 2 aromatic carbocycles. The van der Waals surface area contributed by atoms with Gasteiger partial charge in [-0.15, -0.1) is 0 Å². The van der Waals surface area contributed by atoms with E-state index in [-0.39, 0.29) is 18.0 Å². The summed E-state index contributed by atoms with van der Waals surface area (Å²) < 4.78 is 14.1. The summed E-state index contributed by atoms with van der Waals surface area (Å²) in [7, 11) is 0. The minimum absolute atomic E-state index is 0.00389. The first kappa shape index (κ1) is 18.3. The molecule has 0 aliphatic carbocycles. The average molecular weight is 392 g/mol. The van der Waals surface area contributed by atoms with Gasteiger partial charge >= 0.3 is 0 Å². The van der Waals surface area contributed by atoms with E-state index in [4.69, 9.17) is 4.99 Å². The lowest BCUT2D eigenvalue weighted by Gasteiger charge is -2.30. The Morgan fingerprint density at radius 1 is 1.03 bits per heavy atom. The van der Waals surface area contributed by atoms with Crippen LogP contribution in [-0.2, 0) is 0 Å². The zero-order valence-electron chi connectivity index (χ0n) is 16.7. The first-order valence-corrected chi connectivity index (χ1v) is 10.2. The van der Waals surface area contributed by atoms with Crippen LogP contribution >= 0.6 is 0 Å². The van der Waals surface area contributed by atoms with Gasteiger partial charge < -0.3 is 10.2 Å². The molecule has 1 amide bonds. The molecule has 5 nitrogen and oxygen atoms in total. The number of carbonyl (C=O) groups excluding carboxylic acids is 1. The van der Waals surface area contributed by atoms with Crippen LogP contribution in [0.15, 0.2) is 53.2 Å². The number of hydrogen-bond acceptors (Lipinski definition) is 4. The van der Waals surface area contributed by atoms with Crippen LogP contribution in [0.4, 0.5) is 4.39 Å². The van der Waals surface area contributed by atoms with Gasteiger partial charge in [0.25, 0.3) is 5.91 Å². The predicted octanol–water partition coefficient (Wildman–Crippen LogP) is 3.23. The molecule has 0 bridgehead atoms. The second kappa shape index (κ2) is 6.95. The largest absolute Gasteiger partial charge is 0.355 e. The molecule has 3 atom stereocenters. The molecule has 5 rings (SSSR count). The highest BCUT2D eigenvalue weighted by Crippen LogP contribution is 2.34. The van der Waals surface area contributed by atoms with Gasteiger partial charge in [-0.05, 0) is 49.3 Å². The summed E-state index contributed by atoms with van der Waals surface area (Å²) in [6.07, 6.45) is 2.05. The van der Waals surface area contributed by atoms with Crippen molar-refractivity contribution in [3.05, 3.63) is 59.6 Å². The van der Waals surface area contributed by atoms with E-state index >= 15 is 0 Å². The summed E-state index contributed by atoms with van der Waals surface area (Å²) in [6.45, 7) is 7.45. The van der Waals surface area contributed by atoms with Crippen LogP contribution in [0.1, 0.15) is 24.2 Å². The summed E-state index contributed by atoms with van der Waals surface area (Å²) in [4.78, 5) is 22.3. The second-order valence-corrected chi connectivity index (χ2v) is 8.44. The summed E-state index contributed by atoms with van der Waals surface area (Å²) in [6, 6.07) is 10.2. The van der Waals surface area contributed by atoms with Gasteiger partial charge in [0.1, 0.15) is 5.82 Å². The number of benzene rings is 2. The highest BCUT2D eigenvalue weighted by Gasteiger charge is 2.44. The molecule has 2 saturated heterocycles. The van der Waals surface area contributed by atoms with Crippen molar-refractivity contribution in [2.75, 3.05) is 26.2 Å². The smallest absolute Gasteiger partial charge is 0.254 e. The van der Waals surface area contributed by atoms with E-state index in [1.54, 1.807) is 18.2 Å². The van der Waals surface area contributed by atoms with Crippen LogP contribution in [0.5, 0.6) is 0 Å². The lowest BCUT2D eigenvalue weighted by molar-refractivity contribution is 0.0770. The van der Waals surface area contributed by atoms with Crippen molar-refractivity contribution in [3.8, 4) is 0 Å². The van der Waals surface area contributed by atoms with E-state index in [0.717, 1.165) is 37.6 Å². The molecule has 0 aromatic heterocycles. The highest BCUT2D eigenvalue weighted by atomic mass is 19.1. The van der Waals surface area contributed by atoms with Gasteiger partial charge in [-0.3, -0.25) is 14.7 Å². The maximum Gasteiger partial charge on any atom is 0.254 e. The number of amides is 1. The summed E-state index contributed by atoms with van der Waals surface area (Å²) in [5, 5.41) is 4.64. The molecule has 3 aliphatic rings. The van der Waals surface area contributed by atoms with Gasteiger partial charge in [-0.2, -0.15) is 0 Å². The Balaban J connectivity index is 1.31. The standard InChI is InChI=1S/C23H25FN4O/c1-14-9-15(2)26-23(25-14)28-12-16-10-27(11-17(16)13-28)22(29)20-7-8-21(24)19-6-4-3-5-18(19)20/h3-9,16-17,23,25H,10-13H2,1-2H3. The first-order valence-electron chi connectivity index (χ1n) is 10.2. The minimum atomic E-state index is -0.286. The number of fused-ring (bicyclic) bond motifs is 2. The number of hydrogen-bond donors (Lipinski definition) is 1. The Morgan fingerprint density at radius 3 is 2.41 bits per heavy atom.